The third-order valence-corrected chi connectivity index (χ3v) is 5.91. The molecule has 0 unspecified atom stereocenters. The number of hydrogen-bond acceptors (Lipinski definition) is 1. The van der Waals surface area contributed by atoms with Crippen molar-refractivity contribution >= 4 is 0 Å². The quantitative estimate of drug-likeness (QED) is 0.604. The fourth-order valence-corrected chi connectivity index (χ4v) is 3.14. The first-order chi connectivity index (χ1) is 10.1. The molecule has 1 N–H and O–H groups in total. The molecule has 0 bridgehead atoms. The molecule has 1 rings (SSSR count). The van der Waals surface area contributed by atoms with E-state index < -0.39 is 0 Å². The van der Waals surface area contributed by atoms with Crippen molar-refractivity contribution in [3.05, 3.63) is 17.2 Å². The average Bonchev–Trinajstić information content (AvgIpc) is 2.94. The molecule has 0 radical (unpaired) electrons. The standard InChI is InChI=1S/C20H38N2/c1-10-14-19(7,8)16-15(18(5,6)11-2)21-17(22-16)20(9,12-3)13-4/h10-14H2,1-9H3,(H,21,22). The summed E-state index contributed by atoms with van der Waals surface area (Å²) in [7, 11) is 0. The maximum Gasteiger partial charge on any atom is 0.112 e. The van der Waals surface area contributed by atoms with Gasteiger partial charge in [-0.3, -0.25) is 0 Å². The molecule has 0 amide bonds. The molecule has 0 aliphatic carbocycles. The van der Waals surface area contributed by atoms with E-state index in [2.05, 4.69) is 67.3 Å². The molecule has 0 aliphatic heterocycles. The van der Waals surface area contributed by atoms with Crippen molar-refractivity contribution in [1.82, 2.24) is 9.97 Å². The van der Waals surface area contributed by atoms with Gasteiger partial charge in [-0.2, -0.15) is 0 Å². The van der Waals surface area contributed by atoms with Crippen LogP contribution in [0.3, 0.4) is 0 Å². The first kappa shape index (κ1) is 19.3. The van der Waals surface area contributed by atoms with Crippen LogP contribution in [-0.2, 0) is 16.2 Å². The Morgan fingerprint density at radius 1 is 0.818 bits per heavy atom. The van der Waals surface area contributed by atoms with Crippen LogP contribution in [0.2, 0.25) is 0 Å². The monoisotopic (exact) mass is 306 g/mol. The molecule has 22 heavy (non-hydrogen) atoms. The van der Waals surface area contributed by atoms with Gasteiger partial charge in [0.25, 0.3) is 0 Å². The number of aromatic nitrogens is 2. The lowest BCUT2D eigenvalue weighted by atomic mass is 9.76. The van der Waals surface area contributed by atoms with E-state index in [1.807, 2.05) is 0 Å². The Balaban J connectivity index is 3.51. The molecule has 1 heterocycles. The summed E-state index contributed by atoms with van der Waals surface area (Å²) < 4.78 is 0. The van der Waals surface area contributed by atoms with Crippen LogP contribution in [0.5, 0.6) is 0 Å². The summed E-state index contributed by atoms with van der Waals surface area (Å²) in [5, 5.41) is 0. The predicted octanol–water partition coefficient (Wildman–Crippen LogP) is 6.25. The van der Waals surface area contributed by atoms with Crippen molar-refractivity contribution in [2.75, 3.05) is 0 Å². The van der Waals surface area contributed by atoms with Crippen molar-refractivity contribution in [3.63, 3.8) is 0 Å². The fraction of sp³-hybridized carbons (Fsp3) is 0.850. The van der Waals surface area contributed by atoms with Gasteiger partial charge in [0.2, 0.25) is 0 Å². The van der Waals surface area contributed by atoms with Gasteiger partial charge in [0.15, 0.2) is 0 Å². The summed E-state index contributed by atoms with van der Waals surface area (Å²) in [5.41, 5.74) is 3.08. The molecule has 0 atom stereocenters. The SMILES string of the molecule is CCCC(C)(C)c1[nH]c(C(C)(CC)CC)nc1C(C)(C)CC. The number of nitrogens with one attached hydrogen (secondary N) is 1. The van der Waals surface area contributed by atoms with Crippen LogP contribution in [0.4, 0.5) is 0 Å². The molecule has 0 saturated heterocycles. The number of rotatable bonds is 8. The van der Waals surface area contributed by atoms with Crippen LogP contribution < -0.4 is 0 Å². The van der Waals surface area contributed by atoms with Crippen molar-refractivity contribution in [3.8, 4) is 0 Å². The molecular formula is C20H38N2. The second kappa shape index (κ2) is 6.76. The zero-order valence-electron chi connectivity index (χ0n) is 16.5. The minimum atomic E-state index is 0.123. The van der Waals surface area contributed by atoms with Gasteiger partial charge in [-0.15, -0.1) is 0 Å². The van der Waals surface area contributed by atoms with Crippen LogP contribution in [0, 0.1) is 0 Å². The van der Waals surface area contributed by atoms with Crippen LogP contribution >= 0.6 is 0 Å². The van der Waals surface area contributed by atoms with E-state index in [-0.39, 0.29) is 16.2 Å². The zero-order chi connectivity index (χ0) is 17.2. The smallest absolute Gasteiger partial charge is 0.112 e. The van der Waals surface area contributed by atoms with Crippen LogP contribution in [0.25, 0.3) is 0 Å². The van der Waals surface area contributed by atoms with E-state index in [0.29, 0.717) is 0 Å². The highest BCUT2D eigenvalue weighted by molar-refractivity contribution is 5.31. The number of hydrogen-bond donors (Lipinski definition) is 1. The Kier molecular flexibility index (Phi) is 5.92. The Morgan fingerprint density at radius 3 is 1.77 bits per heavy atom. The Bertz CT molecular complexity index is 476. The van der Waals surface area contributed by atoms with E-state index >= 15 is 0 Å². The van der Waals surface area contributed by atoms with E-state index in [1.54, 1.807) is 0 Å². The second-order valence-corrected chi connectivity index (χ2v) is 8.45. The van der Waals surface area contributed by atoms with Crippen LogP contribution in [0.15, 0.2) is 0 Å². The van der Waals surface area contributed by atoms with E-state index in [0.717, 1.165) is 19.3 Å². The average molecular weight is 307 g/mol. The molecular weight excluding hydrogens is 268 g/mol. The number of H-pyrrole nitrogens is 1. The van der Waals surface area contributed by atoms with Crippen molar-refractivity contribution in [2.45, 2.75) is 111 Å². The van der Waals surface area contributed by atoms with Gasteiger partial charge < -0.3 is 4.98 Å². The predicted molar refractivity (Wildman–Crippen MR) is 97.8 cm³/mol. The topological polar surface area (TPSA) is 28.7 Å². The number of nitrogens with zero attached hydrogens (tertiary/aromatic N) is 1. The molecule has 0 fully saturated rings. The third kappa shape index (κ3) is 3.58. The van der Waals surface area contributed by atoms with Crippen LogP contribution in [-0.4, -0.2) is 9.97 Å². The highest BCUT2D eigenvalue weighted by Crippen LogP contribution is 2.39. The van der Waals surface area contributed by atoms with Crippen LogP contribution in [0.1, 0.15) is 112 Å². The lowest BCUT2D eigenvalue weighted by molar-refractivity contribution is 0.409. The summed E-state index contributed by atoms with van der Waals surface area (Å²) in [6, 6.07) is 0. The van der Waals surface area contributed by atoms with Gasteiger partial charge >= 0.3 is 0 Å². The minimum absolute atomic E-state index is 0.123. The van der Waals surface area contributed by atoms with Crippen molar-refractivity contribution < 1.29 is 0 Å². The Hall–Kier alpha value is -0.790. The molecule has 0 aromatic carbocycles. The summed E-state index contributed by atoms with van der Waals surface area (Å²) in [4.78, 5) is 8.94. The molecule has 0 spiro atoms. The molecule has 0 saturated carbocycles. The number of imidazole rings is 1. The molecule has 1 aromatic rings. The summed E-state index contributed by atoms with van der Waals surface area (Å²) in [6.45, 7) is 20.8. The lowest BCUT2D eigenvalue weighted by Gasteiger charge is -2.29. The lowest BCUT2D eigenvalue weighted by Crippen LogP contribution is -2.26. The first-order valence-corrected chi connectivity index (χ1v) is 9.19. The molecule has 0 aliphatic rings. The van der Waals surface area contributed by atoms with Crippen molar-refractivity contribution in [2.24, 2.45) is 0 Å². The fourth-order valence-electron chi connectivity index (χ4n) is 3.14. The summed E-state index contributed by atoms with van der Waals surface area (Å²) in [5.74, 6) is 1.19. The number of aromatic amines is 1. The normalized spacial score (nSPS) is 13.7. The van der Waals surface area contributed by atoms with Gasteiger partial charge in [-0.25, -0.2) is 4.98 Å². The largest absolute Gasteiger partial charge is 0.345 e. The molecule has 1 aromatic heterocycles. The molecule has 2 nitrogen and oxygen atoms in total. The van der Waals surface area contributed by atoms with E-state index in [4.69, 9.17) is 4.98 Å². The Labute approximate surface area is 138 Å². The zero-order valence-corrected chi connectivity index (χ0v) is 16.5. The van der Waals surface area contributed by atoms with Gasteiger partial charge in [-0.05, 0) is 25.7 Å². The highest BCUT2D eigenvalue weighted by Gasteiger charge is 2.36. The van der Waals surface area contributed by atoms with Crippen molar-refractivity contribution in [1.29, 1.82) is 0 Å². The van der Waals surface area contributed by atoms with Gasteiger partial charge in [-0.1, -0.05) is 68.7 Å². The summed E-state index contributed by atoms with van der Waals surface area (Å²) >= 11 is 0. The highest BCUT2D eigenvalue weighted by atomic mass is 15.0. The minimum Gasteiger partial charge on any atom is -0.345 e. The maximum absolute atomic E-state index is 5.16. The van der Waals surface area contributed by atoms with Gasteiger partial charge in [0.1, 0.15) is 5.82 Å². The van der Waals surface area contributed by atoms with Gasteiger partial charge in [0.05, 0.1) is 5.69 Å². The van der Waals surface area contributed by atoms with E-state index in [1.165, 1.54) is 30.1 Å². The molecule has 128 valence electrons. The van der Waals surface area contributed by atoms with Gasteiger partial charge in [0, 0.05) is 21.9 Å². The third-order valence-electron chi connectivity index (χ3n) is 5.91. The Morgan fingerprint density at radius 2 is 1.36 bits per heavy atom. The van der Waals surface area contributed by atoms with E-state index in [9.17, 15) is 0 Å². The first-order valence-electron chi connectivity index (χ1n) is 9.19. The second-order valence-electron chi connectivity index (χ2n) is 8.45. The molecule has 2 heteroatoms. The maximum atomic E-state index is 5.16. The summed E-state index contributed by atoms with van der Waals surface area (Å²) in [6.07, 6.45) is 5.75.